The van der Waals surface area contributed by atoms with Crippen LogP contribution in [0, 0.1) is 0 Å². The van der Waals surface area contributed by atoms with Gasteiger partial charge in [-0.15, -0.1) is 11.3 Å². The van der Waals surface area contributed by atoms with Crippen LogP contribution in [0.3, 0.4) is 0 Å². The molecule has 2 aromatic carbocycles. The number of hydrogen-bond donors (Lipinski definition) is 2. The summed E-state index contributed by atoms with van der Waals surface area (Å²) in [5, 5.41) is 6.31. The summed E-state index contributed by atoms with van der Waals surface area (Å²) in [4.78, 5) is 34.5. The standard InChI is InChI=1S/C29H21F3N4O2S/c30-29(31,32)24-9-2-1-6-21(24)15-36-27(37)19-7-3-5-18(11-19)13-35-28(38)25-12-22-23(16-34-17-26(22)39-25)20-8-4-10-33-14-20/h1-12,14,16-17H,13,15H2,(H,35,38)(H,36,37). The molecule has 3 heterocycles. The molecule has 0 fully saturated rings. The predicted molar refractivity (Wildman–Crippen MR) is 143 cm³/mol. The van der Waals surface area contributed by atoms with Gasteiger partial charge in [-0.1, -0.05) is 36.4 Å². The second-order valence-corrected chi connectivity index (χ2v) is 9.76. The molecular weight excluding hydrogens is 525 g/mol. The van der Waals surface area contributed by atoms with Gasteiger partial charge in [0.15, 0.2) is 0 Å². The minimum atomic E-state index is -4.51. The summed E-state index contributed by atoms with van der Waals surface area (Å²) >= 11 is 1.33. The zero-order valence-electron chi connectivity index (χ0n) is 20.3. The molecule has 6 nitrogen and oxygen atoms in total. The molecule has 196 valence electrons. The zero-order chi connectivity index (χ0) is 27.4. The number of alkyl halides is 3. The van der Waals surface area contributed by atoms with Gasteiger partial charge in [-0.25, -0.2) is 0 Å². The number of fused-ring (bicyclic) bond motifs is 1. The lowest BCUT2D eigenvalue weighted by atomic mass is 10.1. The first-order chi connectivity index (χ1) is 18.8. The Morgan fingerprint density at radius 2 is 1.64 bits per heavy atom. The normalized spacial score (nSPS) is 11.4. The van der Waals surface area contributed by atoms with Crippen molar-refractivity contribution < 1.29 is 22.8 Å². The first-order valence-electron chi connectivity index (χ1n) is 11.9. The molecule has 0 aliphatic heterocycles. The summed E-state index contributed by atoms with van der Waals surface area (Å²) in [5.74, 6) is -0.785. The summed E-state index contributed by atoms with van der Waals surface area (Å²) in [5.41, 5.74) is 1.92. The molecule has 0 atom stereocenters. The highest BCUT2D eigenvalue weighted by atomic mass is 32.1. The number of benzene rings is 2. The largest absolute Gasteiger partial charge is 0.416 e. The Kier molecular flexibility index (Phi) is 7.38. The molecule has 5 aromatic rings. The third-order valence-corrected chi connectivity index (χ3v) is 7.12. The lowest BCUT2D eigenvalue weighted by molar-refractivity contribution is -0.138. The van der Waals surface area contributed by atoms with Gasteiger partial charge in [-0.3, -0.25) is 19.6 Å². The van der Waals surface area contributed by atoms with Crippen LogP contribution in [0.5, 0.6) is 0 Å². The number of amides is 2. The maximum atomic E-state index is 13.2. The van der Waals surface area contributed by atoms with E-state index in [4.69, 9.17) is 0 Å². The topological polar surface area (TPSA) is 84.0 Å². The Bertz CT molecular complexity index is 1650. The van der Waals surface area contributed by atoms with Gasteiger partial charge in [0, 0.05) is 60.0 Å². The van der Waals surface area contributed by atoms with Crippen LogP contribution >= 0.6 is 11.3 Å². The van der Waals surface area contributed by atoms with E-state index >= 15 is 0 Å². The van der Waals surface area contributed by atoms with E-state index in [9.17, 15) is 22.8 Å². The van der Waals surface area contributed by atoms with Gasteiger partial charge in [0.25, 0.3) is 11.8 Å². The number of rotatable bonds is 7. The van der Waals surface area contributed by atoms with E-state index in [0.29, 0.717) is 10.4 Å². The van der Waals surface area contributed by atoms with E-state index in [1.807, 2.05) is 18.2 Å². The van der Waals surface area contributed by atoms with Gasteiger partial charge in [-0.2, -0.15) is 13.2 Å². The number of carbonyl (C=O) groups excluding carboxylic acids is 2. The number of nitrogens with zero attached hydrogens (tertiary/aromatic N) is 2. The van der Waals surface area contributed by atoms with Crippen LogP contribution in [0.15, 0.2) is 91.5 Å². The van der Waals surface area contributed by atoms with Crippen LogP contribution in [-0.2, 0) is 19.3 Å². The summed E-state index contributed by atoms with van der Waals surface area (Å²) in [7, 11) is 0. The minimum Gasteiger partial charge on any atom is -0.348 e. The second-order valence-electron chi connectivity index (χ2n) is 8.67. The van der Waals surface area contributed by atoms with E-state index in [1.165, 1.54) is 29.5 Å². The van der Waals surface area contributed by atoms with Crippen molar-refractivity contribution in [3.05, 3.63) is 119 Å². The van der Waals surface area contributed by atoms with Crippen molar-refractivity contribution >= 4 is 33.2 Å². The van der Waals surface area contributed by atoms with Crippen molar-refractivity contribution in [2.45, 2.75) is 19.3 Å². The van der Waals surface area contributed by atoms with Crippen molar-refractivity contribution in [1.82, 2.24) is 20.6 Å². The second kappa shape index (κ2) is 11.0. The Labute approximate surface area is 225 Å². The molecule has 39 heavy (non-hydrogen) atoms. The zero-order valence-corrected chi connectivity index (χ0v) is 21.1. The molecule has 0 saturated carbocycles. The Morgan fingerprint density at radius 1 is 0.821 bits per heavy atom. The van der Waals surface area contributed by atoms with Crippen LogP contribution in [-0.4, -0.2) is 21.8 Å². The molecule has 0 spiro atoms. The van der Waals surface area contributed by atoms with Gasteiger partial charge < -0.3 is 10.6 Å². The van der Waals surface area contributed by atoms with Crippen molar-refractivity contribution in [1.29, 1.82) is 0 Å². The van der Waals surface area contributed by atoms with Crippen molar-refractivity contribution in [3.63, 3.8) is 0 Å². The summed E-state index contributed by atoms with van der Waals surface area (Å²) in [6, 6.07) is 17.3. The predicted octanol–water partition coefficient (Wildman–Crippen LogP) is 6.24. The number of thiophene rings is 1. The molecule has 0 aliphatic carbocycles. The van der Waals surface area contributed by atoms with E-state index < -0.39 is 17.6 Å². The number of aromatic nitrogens is 2. The molecule has 0 aliphatic rings. The lowest BCUT2D eigenvalue weighted by Crippen LogP contribution is -2.25. The smallest absolute Gasteiger partial charge is 0.348 e. The van der Waals surface area contributed by atoms with Gasteiger partial charge >= 0.3 is 6.18 Å². The van der Waals surface area contributed by atoms with E-state index in [2.05, 4.69) is 20.6 Å². The molecule has 0 saturated heterocycles. The number of pyridine rings is 2. The fraction of sp³-hybridized carbons (Fsp3) is 0.103. The fourth-order valence-corrected chi connectivity index (χ4v) is 5.12. The Morgan fingerprint density at radius 3 is 2.44 bits per heavy atom. The molecule has 3 aromatic heterocycles. The van der Waals surface area contributed by atoms with Crippen molar-refractivity contribution in [2.75, 3.05) is 0 Å². The van der Waals surface area contributed by atoms with Gasteiger partial charge in [-0.05, 0) is 41.5 Å². The van der Waals surface area contributed by atoms with Crippen molar-refractivity contribution in [3.8, 4) is 11.1 Å². The molecular formula is C29H21F3N4O2S. The van der Waals surface area contributed by atoms with E-state index in [0.717, 1.165) is 27.3 Å². The van der Waals surface area contributed by atoms with Crippen LogP contribution in [0.4, 0.5) is 13.2 Å². The van der Waals surface area contributed by atoms with Crippen LogP contribution in [0.25, 0.3) is 21.2 Å². The third kappa shape index (κ3) is 5.96. The van der Waals surface area contributed by atoms with Crippen molar-refractivity contribution in [2.24, 2.45) is 0 Å². The number of carbonyl (C=O) groups is 2. The van der Waals surface area contributed by atoms with Gasteiger partial charge in [0.05, 0.1) is 15.1 Å². The molecule has 0 radical (unpaired) electrons. The third-order valence-electron chi connectivity index (χ3n) is 6.05. The number of nitrogens with one attached hydrogen (secondary N) is 2. The SMILES string of the molecule is O=C(NCc1ccccc1C(F)(F)F)c1cccc(CNC(=O)c2cc3c(-c4cccnc4)cncc3s2)c1. The Hall–Kier alpha value is -4.57. The quantitative estimate of drug-likeness (QED) is 0.253. The summed E-state index contributed by atoms with van der Waals surface area (Å²) < 4.78 is 40.5. The monoisotopic (exact) mass is 546 g/mol. The average molecular weight is 547 g/mol. The maximum absolute atomic E-state index is 13.2. The first kappa shape index (κ1) is 26.1. The maximum Gasteiger partial charge on any atom is 0.416 e. The molecule has 0 unspecified atom stereocenters. The summed E-state index contributed by atoms with van der Waals surface area (Å²) in [6.07, 6.45) is 2.38. The first-order valence-corrected chi connectivity index (χ1v) is 12.7. The molecule has 2 amide bonds. The van der Waals surface area contributed by atoms with Crippen LogP contribution in [0.2, 0.25) is 0 Å². The number of hydrogen-bond acceptors (Lipinski definition) is 5. The van der Waals surface area contributed by atoms with Gasteiger partial charge in [0.1, 0.15) is 0 Å². The summed E-state index contributed by atoms with van der Waals surface area (Å²) in [6.45, 7) is -0.101. The highest BCUT2D eigenvalue weighted by molar-refractivity contribution is 7.20. The highest BCUT2D eigenvalue weighted by Gasteiger charge is 2.32. The van der Waals surface area contributed by atoms with E-state index in [-0.39, 0.29) is 30.1 Å². The van der Waals surface area contributed by atoms with Crippen LogP contribution < -0.4 is 10.6 Å². The molecule has 10 heteroatoms. The Balaban J connectivity index is 1.24. The average Bonchev–Trinajstić information content (AvgIpc) is 3.40. The molecule has 0 bridgehead atoms. The lowest BCUT2D eigenvalue weighted by Gasteiger charge is -2.13. The molecule has 5 rings (SSSR count). The van der Waals surface area contributed by atoms with Crippen LogP contribution in [0.1, 0.15) is 36.7 Å². The molecule has 2 N–H and O–H groups in total. The van der Waals surface area contributed by atoms with E-state index in [1.54, 1.807) is 49.1 Å². The number of halogens is 3. The fourth-order valence-electron chi connectivity index (χ4n) is 4.15. The minimum absolute atomic E-state index is 0.0213. The highest BCUT2D eigenvalue weighted by Crippen LogP contribution is 2.33. The van der Waals surface area contributed by atoms with Gasteiger partial charge in [0.2, 0.25) is 0 Å².